The number of nitrogen functional groups attached to an aromatic ring is 1. The van der Waals surface area contributed by atoms with Gasteiger partial charge in [0.05, 0.1) is 0 Å². The maximum Gasteiger partial charge on any atom is 0.138 e. The summed E-state index contributed by atoms with van der Waals surface area (Å²) in [6.45, 7) is 4.00. The molecule has 0 atom stereocenters. The Morgan fingerprint density at radius 3 is 2.58 bits per heavy atom. The molecule has 1 aromatic carbocycles. The number of halogens is 1. The van der Waals surface area contributed by atoms with Gasteiger partial charge in [-0.2, -0.15) is 0 Å². The van der Waals surface area contributed by atoms with Crippen molar-refractivity contribution in [2.45, 2.75) is 19.8 Å². The first-order chi connectivity index (χ1) is 8.97. The van der Waals surface area contributed by atoms with Crippen LogP contribution in [0.25, 0.3) is 0 Å². The van der Waals surface area contributed by atoms with Crippen molar-refractivity contribution in [2.75, 3.05) is 17.7 Å². The second-order valence-electron chi connectivity index (χ2n) is 4.70. The van der Waals surface area contributed by atoms with Crippen LogP contribution in [0, 0.1) is 5.82 Å². The highest BCUT2D eigenvalue weighted by Crippen LogP contribution is 2.24. The number of anilines is 3. The summed E-state index contributed by atoms with van der Waals surface area (Å²) in [6, 6.07) is 8.01. The van der Waals surface area contributed by atoms with Crippen LogP contribution in [0.4, 0.5) is 21.7 Å². The molecule has 0 radical (unpaired) electrons. The summed E-state index contributed by atoms with van der Waals surface area (Å²) in [7, 11) is 1.82. The summed E-state index contributed by atoms with van der Waals surface area (Å²) in [5, 5.41) is 0. The van der Waals surface area contributed by atoms with Crippen molar-refractivity contribution in [1.29, 1.82) is 0 Å². The van der Waals surface area contributed by atoms with Crippen LogP contribution < -0.4 is 10.6 Å². The van der Waals surface area contributed by atoms with Crippen LogP contribution in [0.3, 0.4) is 0 Å². The van der Waals surface area contributed by atoms with Gasteiger partial charge < -0.3 is 10.6 Å². The molecule has 0 aliphatic rings. The molecule has 19 heavy (non-hydrogen) atoms. The van der Waals surface area contributed by atoms with Gasteiger partial charge in [0.1, 0.15) is 23.3 Å². The first-order valence-electron chi connectivity index (χ1n) is 6.11. The van der Waals surface area contributed by atoms with E-state index in [1.807, 2.05) is 27.0 Å². The summed E-state index contributed by atoms with van der Waals surface area (Å²) in [5.74, 6) is 1.65. The summed E-state index contributed by atoms with van der Waals surface area (Å²) < 4.78 is 13.2. The molecule has 2 N–H and O–H groups in total. The molecule has 0 fully saturated rings. The van der Waals surface area contributed by atoms with E-state index in [1.54, 1.807) is 17.0 Å². The van der Waals surface area contributed by atoms with Gasteiger partial charge in [-0.15, -0.1) is 0 Å². The lowest BCUT2D eigenvalue weighted by Crippen LogP contribution is -2.14. The van der Waals surface area contributed by atoms with Crippen LogP contribution in [-0.4, -0.2) is 17.0 Å². The lowest BCUT2D eigenvalue weighted by molar-refractivity contribution is 0.628. The lowest BCUT2D eigenvalue weighted by Gasteiger charge is -2.19. The largest absolute Gasteiger partial charge is 0.384 e. The smallest absolute Gasteiger partial charge is 0.138 e. The standard InChI is InChI=1S/C14H17FN4/c1-9(2)14-17-12(16)8-13(18-14)19(3)11-6-4-5-10(15)7-11/h4-9H,1-3H3,(H2,16,17,18). The van der Waals surface area contributed by atoms with E-state index >= 15 is 0 Å². The van der Waals surface area contributed by atoms with Gasteiger partial charge in [-0.05, 0) is 18.2 Å². The van der Waals surface area contributed by atoms with E-state index in [2.05, 4.69) is 9.97 Å². The molecule has 0 amide bonds. The van der Waals surface area contributed by atoms with Crippen LogP contribution in [0.1, 0.15) is 25.6 Å². The second kappa shape index (κ2) is 5.22. The minimum Gasteiger partial charge on any atom is -0.384 e. The number of hydrogen-bond acceptors (Lipinski definition) is 4. The molecule has 0 aliphatic carbocycles. The van der Waals surface area contributed by atoms with Crippen LogP contribution in [0.2, 0.25) is 0 Å². The van der Waals surface area contributed by atoms with Crippen LogP contribution in [0.15, 0.2) is 30.3 Å². The Bertz CT molecular complexity index is 583. The molecule has 5 heteroatoms. The van der Waals surface area contributed by atoms with Gasteiger partial charge in [0.2, 0.25) is 0 Å². The minimum absolute atomic E-state index is 0.183. The van der Waals surface area contributed by atoms with E-state index in [-0.39, 0.29) is 11.7 Å². The Kier molecular flexibility index (Phi) is 3.64. The van der Waals surface area contributed by atoms with Crippen molar-refractivity contribution >= 4 is 17.3 Å². The lowest BCUT2D eigenvalue weighted by atomic mass is 10.2. The third kappa shape index (κ3) is 2.99. The van der Waals surface area contributed by atoms with Crippen molar-refractivity contribution in [3.63, 3.8) is 0 Å². The summed E-state index contributed by atoms with van der Waals surface area (Å²) in [4.78, 5) is 10.4. The maximum atomic E-state index is 13.2. The predicted molar refractivity (Wildman–Crippen MR) is 75.0 cm³/mol. The Morgan fingerprint density at radius 1 is 1.21 bits per heavy atom. The number of benzene rings is 1. The molecular weight excluding hydrogens is 243 g/mol. The van der Waals surface area contributed by atoms with Crippen molar-refractivity contribution < 1.29 is 4.39 Å². The van der Waals surface area contributed by atoms with Crippen LogP contribution >= 0.6 is 0 Å². The molecule has 0 bridgehead atoms. The minimum atomic E-state index is -0.282. The molecular formula is C14H17FN4. The highest BCUT2D eigenvalue weighted by Gasteiger charge is 2.11. The Balaban J connectivity index is 2.41. The fourth-order valence-electron chi connectivity index (χ4n) is 1.72. The highest BCUT2D eigenvalue weighted by molar-refractivity contribution is 5.61. The fourth-order valence-corrected chi connectivity index (χ4v) is 1.72. The van der Waals surface area contributed by atoms with Crippen molar-refractivity contribution in [3.8, 4) is 0 Å². The predicted octanol–water partition coefficient (Wildman–Crippen LogP) is 3.09. The maximum absolute atomic E-state index is 13.2. The molecule has 0 aliphatic heterocycles. The zero-order valence-electron chi connectivity index (χ0n) is 11.3. The topological polar surface area (TPSA) is 55.0 Å². The van der Waals surface area contributed by atoms with Gasteiger partial charge >= 0.3 is 0 Å². The van der Waals surface area contributed by atoms with E-state index in [0.717, 1.165) is 0 Å². The van der Waals surface area contributed by atoms with Gasteiger partial charge in [0.15, 0.2) is 0 Å². The monoisotopic (exact) mass is 260 g/mol. The van der Waals surface area contributed by atoms with E-state index in [0.29, 0.717) is 23.1 Å². The average molecular weight is 260 g/mol. The van der Waals surface area contributed by atoms with Gasteiger partial charge in [-0.3, -0.25) is 0 Å². The number of rotatable bonds is 3. The Labute approximate surface area is 112 Å². The number of nitrogens with two attached hydrogens (primary N) is 1. The van der Waals surface area contributed by atoms with E-state index < -0.39 is 0 Å². The highest BCUT2D eigenvalue weighted by atomic mass is 19.1. The molecule has 0 saturated heterocycles. The fraction of sp³-hybridized carbons (Fsp3) is 0.286. The van der Waals surface area contributed by atoms with E-state index in [4.69, 9.17) is 5.73 Å². The van der Waals surface area contributed by atoms with Crippen molar-refractivity contribution in [3.05, 3.63) is 42.0 Å². The average Bonchev–Trinajstić information content (AvgIpc) is 2.37. The zero-order valence-corrected chi connectivity index (χ0v) is 11.3. The summed E-state index contributed by atoms with van der Waals surface area (Å²) >= 11 is 0. The first-order valence-corrected chi connectivity index (χ1v) is 6.11. The Hall–Kier alpha value is -2.17. The van der Waals surface area contributed by atoms with Gasteiger partial charge in [0, 0.05) is 24.7 Å². The molecule has 1 heterocycles. The normalized spacial score (nSPS) is 10.8. The van der Waals surface area contributed by atoms with Crippen molar-refractivity contribution in [1.82, 2.24) is 9.97 Å². The Morgan fingerprint density at radius 2 is 1.95 bits per heavy atom. The molecule has 2 rings (SSSR count). The number of hydrogen-bond donors (Lipinski definition) is 1. The van der Waals surface area contributed by atoms with E-state index in [1.165, 1.54) is 12.1 Å². The molecule has 0 saturated carbocycles. The van der Waals surface area contributed by atoms with Crippen molar-refractivity contribution in [2.24, 2.45) is 0 Å². The third-order valence-corrected chi connectivity index (χ3v) is 2.81. The molecule has 0 unspecified atom stereocenters. The molecule has 1 aromatic heterocycles. The second-order valence-corrected chi connectivity index (χ2v) is 4.70. The van der Waals surface area contributed by atoms with Gasteiger partial charge in [-0.1, -0.05) is 19.9 Å². The quantitative estimate of drug-likeness (QED) is 0.921. The summed E-state index contributed by atoms with van der Waals surface area (Å²) in [6.07, 6.45) is 0. The zero-order chi connectivity index (χ0) is 14.0. The molecule has 4 nitrogen and oxygen atoms in total. The number of nitrogens with zero attached hydrogens (tertiary/aromatic N) is 3. The molecule has 0 spiro atoms. The van der Waals surface area contributed by atoms with Crippen LogP contribution in [0.5, 0.6) is 0 Å². The number of aromatic nitrogens is 2. The van der Waals surface area contributed by atoms with Gasteiger partial charge in [-0.25, -0.2) is 14.4 Å². The third-order valence-electron chi connectivity index (χ3n) is 2.81. The SMILES string of the molecule is CC(C)c1nc(N)cc(N(C)c2cccc(F)c2)n1. The molecule has 2 aromatic rings. The van der Waals surface area contributed by atoms with Crippen LogP contribution in [-0.2, 0) is 0 Å². The summed E-state index contributed by atoms with van der Waals surface area (Å²) in [5.41, 5.74) is 6.51. The first kappa shape index (κ1) is 13.3. The molecule has 100 valence electrons. The van der Waals surface area contributed by atoms with E-state index in [9.17, 15) is 4.39 Å². The van der Waals surface area contributed by atoms with Gasteiger partial charge in [0.25, 0.3) is 0 Å².